The average Bonchev–Trinajstić information content (AvgIpc) is 2.68. The van der Waals surface area contributed by atoms with Crippen molar-refractivity contribution in [3.05, 3.63) is 48.0 Å². The fourth-order valence-electron chi connectivity index (χ4n) is 2.77. The Kier molecular flexibility index (Phi) is 7.58. The van der Waals surface area contributed by atoms with Gasteiger partial charge in [0.2, 0.25) is 5.91 Å². The van der Waals surface area contributed by atoms with Crippen LogP contribution in [0.4, 0.5) is 0 Å². The third-order valence-corrected chi connectivity index (χ3v) is 4.20. The molecule has 0 bridgehead atoms. The van der Waals surface area contributed by atoms with Crippen LogP contribution in [0.5, 0.6) is 0 Å². The average molecular weight is 380 g/mol. The molecule has 0 saturated carbocycles. The summed E-state index contributed by atoms with van der Waals surface area (Å²) in [6, 6.07) is 12.7. The zero-order valence-corrected chi connectivity index (χ0v) is 16.0. The summed E-state index contributed by atoms with van der Waals surface area (Å²) in [4.78, 5) is 36.4. The Bertz CT molecular complexity index is 894. The summed E-state index contributed by atoms with van der Waals surface area (Å²) >= 11 is 0. The van der Waals surface area contributed by atoms with Gasteiger partial charge in [0, 0.05) is 0 Å². The van der Waals surface area contributed by atoms with Crippen LogP contribution in [0.1, 0.15) is 19.4 Å². The van der Waals surface area contributed by atoms with Gasteiger partial charge in [0.1, 0.15) is 6.04 Å². The van der Waals surface area contributed by atoms with Crippen molar-refractivity contribution >= 4 is 28.6 Å². The van der Waals surface area contributed by atoms with Gasteiger partial charge in [0.05, 0.1) is 13.0 Å². The van der Waals surface area contributed by atoms with Crippen molar-refractivity contribution in [3.8, 4) is 12.3 Å². The van der Waals surface area contributed by atoms with Crippen molar-refractivity contribution in [2.24, 2.45) is 5.92 Å². The van der Waals surface area contributed by atoms with Gasteiger partial charge in [0.25, 0.3) is 5.91 Å². The SMILES string of the molecule is C#CCNC(=O)COC(=O)[C@@H](NC(=O)Cc1cccc2ccccc12)C(C)C. The van der Waals surface area contributed by atoms with Gasteiger partial charge >= 0.3 is 5.97 Å². The predicted molar refractivity (Wildman–Crippen MR) is 107 cm³/mol. The van der Waals surface area contributed by atoms with E-state index in [4.69, 9.17) is 11.2 Å². The minimum atomic E-state index is -0.845. The summed E-state index contributed by atoms with van der Waals surface area (Å²) in [5.41, 5.74) is 0.875. The third-order valence-electron chi connectivity index (χ3n) is 4.20. The Morgan fingerprint density at radius 3 is 2.50 bits per heavy atom. The number of nitrogens with one attached hydrogen (secondary N) is 2. The topological polar surface area (TPSA) is 84.5 Å². The predicted octanol–water partition coefficient (Wildman–Crippen LogP) is 1.82. The van der Waals surface area contributed by atoms with Crippen LogP contribution in [0.3, 0.4) is 0 Å². The van der Waals surface area contributed by atoms with Gasteiger partial charge < -0.3 is 15.4 Å². The second kappa shape index (κ2) is 10.1. The Balaban J connectivity index is 1.99. The molecular formula is C22H24N2O4. The second-order valence-electron chi connectivity index (χ2n) is 6.69. The van der Waals surface area contributed by atoms with Crippen LogP contribution in [-0.2, 0) is 25.5 Å². The molecule has 0 aromatic heterocycles. The van der Waals surface area contributed by atoms with Crippen molar-refractivity contribution in [1.29, 1.82) is 0 Å². The first-order chi connectivity index (χ1) is 13.4. The van der Waals surface area contributed by atoms with E-state index in [9.17, 15) is 14.4 Å². The molecule has 0 aliphatic rings. The Morgan fingerprint density at radius 2 is 1.79 bits per heavy atom. The smallest absolute Gasteiger partial charge is 0.329 e. The summed E-state index contributed by atoms with van der Waals surface area (Å²) < 4.78 is 5.01. The first-order valence-corrected chi connectivity index (χ1v) is 9.05. The largest absolute Gasteiger partial charge is 0.454 e. The van der Waals surface area contributed by atoms with Crippen molar-refractivity contribution in [1.82, 2.24) is 10.6 Å². The molecule has 2 amide bonds. The number of esters is 1. The molecule has 0 saturated heterocycles. The lowest BCUT2D eigenvalue weighted by Gasteiger charge is -2.21. The molecule has 2 aromatic rings. The fourth-order valence-corrected chi connectivity index (χ4v) is 2.77. The van der Waals surface area contributed by atoms with Crippen molar-refractivity contribution < 1.29 is 19.1 Å². The number of terminal acetylenes is 1. The van der Waals surface area contributed by atoms with Gasteiger partial charge in [-0.1, -0.05) is 62.2 Å². The molecule has 0 unspecified atom stereocenters. The maximum absolute atomic E-state index is 12.5. The van der Waals surface area contributed by atoms with Gasteiger partial charge in [-0.15, -0.1) is 6.42 Å². The Hall–Kier alpha value is -3.33. The molecule has 2 aromatic carbocycles. The number of hydrogen-bond acceptors (Lipinski definition) is 4. The highest BCUT2D eigenvalue weighted by molar-refractivity contribution is 5.92. The normalized spacial score (nSPS) is 11.5. The van der Waals surface area contributed by atoms with E-state index in [1.807, 2.05) is 42.5 Å². The van der Waals surface area contributed by atoms with Crippen LogP contribution in [-0.4, -0.2) is 37.0 Å². The molecule has 0 aliphatic heterocycles. The summed E-state index contributed by atoms with van der Waals surface area (Å²) in [6.45, 7) is 3.21. The number of carbonyl (C=O) groups excluding carboxylic acids is 3. The third kappa shape index (κ3) is 5.85. The first kappa shape index (κ1) is 21.0. The lowest BCUT2D eigenvalue weighted by Crippen LogP contribution is -2.46. The summed E-state index contributed by atoms with van der Waals surface area (Å²) in [7, 11) is 0. The number of rotatable bonds is 8. The summed E-state index contributed by atoms with van der Waals surface area (Å²) in [5.74, 6) is 0.630. The second-order valence-corrected chi connectivity index (χ2v) is 6.69. The van der Waals surface area contributed by atoms with E-state index >= 15 is 0 Å². The summed E-state index contributed by atoms with van der Waals surface area (Å²) in [5, 5.41) is 7.17. The van der Waals surface area contributed by atoms with Crippen LogP contribution in [0.15, 0.2) is 42.5 Å². The van der Waals surface area contributed by atoms with E-state index in [1.165, 1.54) is 0 Å². The molecule has 146 valence electrons. The lowest BCUT2D eigenvalue weighted by atomic mass is 10.0. The number of ether oxygens (including phenoxy) is 1. The Morgan fingerprint density at radius 1 is 1.07 bits per heavy atom. The monoisotopic (exact) mass is 380 g/mol. The minimum Gasteiger partial charge on any atom is -0.454 e. The van der Waals surface area contributed by atoms with Gasteiger partial charge in [0.15, 0.2) is 6.61 Å². The lowest BCUT2D eigenvalue weighted by molar-refractivity contribution is -0.152. The summed E-state index contributed by atoms with van der Waals surface area (Å²) in [6.07, 6.45) is 5.19. The van der Waals surface area contributed by atoms with Crippen molar-refractivity contribution in [3.63, 3.8) is 0 Å². The van der Waals surface area contributed by atoms with E-state index in [-0.39, 0.29) is 24.8 Å². The molecule has 1 atom stereocenters. The molecule has 6 nitrogen and oxygen atoms in total. The molecule has 2 N–H and O–H groups in total. The van der Waals surface area contributed by atoms with Gasteiger partial charge in [-0.3, -0.25) is 9.59 Å². The molecule has 0 heterocycles. The molecule has 0 aliphatic carbocycles. The van der Waals surface area contributed by atoms with Gasteiger partial charge in [-0.25, -0.2) is 4.79 Å². The minimum absolute atomic E-state index is 0.0613. The van der Waals surface area contributed by atoms with E-state index in [1.54, 1.807) is 13.8 Å². The van der Waals surface area contributed by atoms with Gasteiger partial charge in [-0.2, -0.15) is 0 Å². The fraction of sp³-hybridized carbons (Fsp3) is 0.318. The highest BCUT2D eigenvalue weighted by atomic mass is 16.5. The molecule has 0 fully saturated rings. The van der Waals surface area contributed by atoms with Crippen molar-refractivity contribution in [2.75, 3.05) is 13.2 Å². The highest BCUT2D eigenvalue weighted by Gasteiger charge is 2.26. The molecule has 0 spiro atoms. The van der Waals surface area contributed by atoms with Crippen molar-refractivity contribution in [2.45, 2.75) is 26.3 Å². The molecule has 2 rings (SSSR count). The number of benzene rings is 2. The molecule has 28 heavy (non-hydrogen) atoms. The van der Waals surface area contributed by atoms with Crippen LogP contribution in [0.25, 0.3) is 10.8 Å². The zero-order valence-electron chi connectivity index (χ0n) is 16.0. The number of amides is 2. The van der Waals surface area contributed by atoms with Crippen LogP contribution in [0.2, 0.25) is 0 Å². The Labute approximate surface area is 164 Å². The maximum Gasteiger partial charge on any atom is 0.329 e. The van der Waals surface area contributed by atoms with E-state index in [0.29, 0.717) is 0 Å². The molecule has 6 heteroatoms. The molecular weight excluding hydrogens is 356 g/mol. The standard InChI is InChI=1S/C22H24N2O4/c1-4-12-23-20(26)14-28-22(27)21(15(2)3)24-19(25)13-17-10-7-9-16-8-5-6-11-18(16)17/h1,5-11,15,21H,12-14H2,2-3H3,(H,23,26)(H,24,25)/t21-/m0/s1. The van der Waals surface area contributed by atoms with Crippen LogP contribution >= 0.6 is 0 Å². The highest BCUT2D eigenvalue weighted by Crippen LogP contribution is 2.19. The number of fused-ring (bicyclic) bond motifs is 1. The maximum atomic E-state index is 12.5. The quantitative estimate of drug-likeness (QED) is 0.540. The first-order valence-electron chi connectivity index (χ1n) is 9.05. The zero-order chi connectivity index (χ0) is 20.5. The van der Waals surface area contributed by atoms with Crippen LogP contribution < -0.4 is 10.6 Å². The van der Waals surface area contributed by atoms with E-state index in [2.05, 4.69) is 16.6 Å². The number of hydrogen-bond donors (Lipinski definition) is 2. The van der Waals surface area contributed by atoms with Crippen LogP contribution in [0, 0.1) is 18.3 Å². The van der Waals surface area contributed by atoms with E-state index in [0.717, 1.165) is 16.3 Å². The number of carbonyl (C=O) groups is 3. The van der Waals surface area contributed by atoms with E-state index < -0.39 is 24.5 Å². The molecule has 0 radical (unpaired) electrons. The van der Waals surface area contributed by atoms with Gasteiger partial charge in [-0.05, 0) is 22.3 Å².